The second-order valence-corrected chi connectivity index (χ2v) is 6.70. The minimum absolute atomic E-state index is 0. The van der Waals surface area contributed by atoms with E-state index in [-0.39, 0.29) is 49.1 Å². The number of hydrogen-bond donors (Lipinski definition) is 3. The number of likely N-dealkylation sites (tertiary alicyclic amines) is 1. The Morgan fingerprint density at radius 3 is 2.17 bits per heavy atom. The summed E-state index contributed by atoms with van der Waals surface area (Å²) in [5.41, 5.74) is 5.72. The van der Waals surface area contributed by atoms with E-state index in [0.29, 0.717) is 18.6 Å². The smallest absolute Gasteiger partial charge is 0.239 e. The van der Waals surface area contributed by atoms with Crippen molar-refractivity contribution in [2.75, 3.05) is 19.6 Å². The molecule has 0 saturated carbocycles. The zero-order chi connectivity index (χ0) is 16.7. The van der Waals surface area contributed by atoms with Crippen LogP contribution in [0.5, 0.6) is 0 Å². The molecule has 0 aromatic heterocycles. The Labute approximate surface area is 158 Å². The third-order valence-corrected chi connectivity index (χ3v) is 4.51. The van der Waals surface area contributed by atoms with E-state index in [2.05, 4.69) is 29.4 Å². The molecule has 0 aliphatic carbocycles. The summed E-state index contributed by atoms with van der Waals surface area (Å²) < 4.78 is 0. The molecule has 0 aromatic rings. The quantitative estimate of drug-likeness (QED) is 0.617. The molecule has 2 amide bonds. The van der Waals surface area contributed by atoms with Gasteiger partial charge in [-0.3, -0.25) is 14.5 Å². The van der Waals surface area contributed by atoms with Gasteiger partial charge >= 0.3 is 0 Å². The Hall–Kier alpha value is -0.560. The SMILES string of the molecule is CC(C)[C@H](N)C(=O)NCC(=O)NCCN1C(C)CCCC1C.Cl.Cl. The standard InChI is InChI=1S/C16H32N4O2.2ClH/c1-11(2)15(17)16(22)19-10-14(21)18-8-9-20-12(3)6-5-7-13(20)4;;/h11-13,15H,5-10,17H2,1-4H3,(H,18,21)(H,19,22);2*1H/t12?,13?,15-;;/m0../s1. The van der Waals surface area contributed by atoms with Gasteiger partial charge in [0.15, 0.2) is 0 Å². The van der Waals surface area contributed by atoms with Gasteiger partial charge in [-0.25, -0.2) is 0 Å². The van der Waals surface area contributed by atoms with E-state index in [1.54, 1.807) is 0 Å². The lowest BCUT2D eigenvalue weighted by Gasteiger charge is -2.39. The second kappa shape index (κ2) is 12.8. The highest BCUT2D eigenvalue weighted by molar-refractivity contribution is 5.87. The van der Waals surface area contributed by atoms with Crippen LogP contribution in [0.4, 0.5) is 0 Å². The molecule has 1 rings (SSSR count). The fourth-order valence-corrected chi connectivity index (χ4v) is 2.89. The number of hydrogen-bond acceptors (Lipinski definition) is 4. The molecule has 1 aliphatic heterocycles. The van der Waals surface area contributed by atoms with Crippen molar-refractivity contribution in [1.29, 1.82) is 0 Å². The monoisotopic (exact) mass is 384 g/mol. The highest BCUT2D eigenvalue weighted by Crippen LogP contribution is 2.21. The molecule has 1 aliphatic rings. The molecule has 0 bridgehead atoms. The van der Waals surface area contributed by atoms with Crippen LogP contribution in [0.25, 0.3) is 0 Å². The molecular formula is C16H34Cl2N4O2. The van der Waals surface area contributed by atoms with E-state index in [4.69, 9.17) is 5.73 Å². The summed E-state index contributed by atoms with van der Waals surface area (Å²) in [7, 11) is 0. The summed E-state index contributed by atoms with van der Waals surface area (Å²) in [5.74, 6) is -0.379. The maximum atomic E-state index is 11.8. The Bertz CT molecular complexity index is 373. The van der Waals surface area contributed by atoms with Gasteiger partial charge in [-0.2, -0.15) is 0 Å². The summed E-state index contributed by atoms with van der Waals surface area (Å²) >= 11 is 0. The first kappa shape index (κ1) is 25.7. The second-order valence-electron chi connectivity index (χ2n) is 6.70. The molecule has 3 atom stereocenters. The number of nitrogens with two attached hydrogens (primary N) is 1. The van der Waals surface area contributed by atoms with E-state index in [0.717, 1.165) is 6.54 Å². The van der Waals surface area contributed by atoms with Crippen LogP contribution in [-0.2, 0) is 9.59 Å². The predicted octanol–water partition coefficient (Wildman–Crippen LogP) is 1.31. The zero-order valence-electron chi connectivity index (χ0n) is 15.2. The van der Waals surface area contributed by atoms with Crippen molar-refractivity contribution in [2.45, 2.75) is 65.1 Å². The molecule has 1 saturated heterocycles. The van der Waals surface area contributed by atoms with Crippen LogP contribution < -0.4 is 16.4 Å². The van der Waals surface area contributed by atoms with Crippen molar-refractivity contribution in [3.05, 3.63) is 0 Å². The fourth-order valence-electron chi connectivity index (χ4n) is 2.89. The van der Waals surface area contributed by atoms with Crippen molar-refractivity contribution >= 4 is 36.6 Å². The van der Waals surface area contributed by atoms with Crippen LogP contribution in [0.2, 0.25) is 0 Å². The minimum atomic E-state index is -0.567. The van der Waals surface area contributed by atoms with Crippen LogP contribution >= 0.6 is 24.8 Å². The van der Waals surface area contributed by atoms with Crippen molar-refractivity contribution in [3.63, 3.8) is 0 Å². The highest BCUT2D eigenvalue weighted by Gasteiger charge is 2.24. The van der Waals surface area contributed by atoms with E-state index in [9.17, 15) is 9.59 Å². The van der Waals surface area contributed by atoms with E-state index in [1.807, 2.05) is 13.8 Å². The first-order valence-corrected chi connectivity index (χ1v) is 8.38. The van der Waals surface area contributed by atoms with E-state index < -0.39 is 6.04 Å². The van der Waals surface area contributed by atoms with Crippen LogP contribution in [0.3, 0.4) is 0 Å². The molecular weight excluding hydrogens is 351 g/mol. The Kier molecular flexibility index (Phi) is 13.6. The average molecular weight is 385 g/mol. The number of piperidine rings is 1. The van der Waals surface area contributed by atoms with Gasteiger partial charge < -0.3 is 16.4 Å². The number of carbonyl (C=O) groups excluding carboxylic acids is 2. The minimum Gasteiger partial charge on any atom is -0.353 e. The molecule has 0 aromatic carbocycles. The van der Waals surface area contributed by atoms with Gasteiger partial charge in [0.2, 0.25) is 11.8 Å². The van der Waals surface area contributed by atoms with Gasteiger partial charge in [0.1, 0.15) is 0 Å². The van der Waals surface area contributed by atoms with Gasteiger partial charge in [0, 0.05) is 25.2 Å². The van der Waals surface area contributed by atoms with Gasteiger partial charge in [0.05, 0.1) is 12.6 Å². The first-order chi connectivity index (χ1) is 10.3. The molecule has 0 radical (unpaired) electrons. The summed E-state index contributed by atoms with van der Waals surface area (Å²) in [6, 6.07) is 0.580. The van der Waals surface area contributed by atoms with Gasteiger partial charge in [-0.15, -0.1) is 24.8 Å². The van der Waals surface area contributed by atoms with Crippen LogP contribution in [0.15, 0.2) is 0 Å². The molecule has 0 spiro atoms. The zero-order valence-corrected chi connectivity index (χ0v) is 16.8. The molecule has 144 valence electrons. The molecule has 2 unspecified atom stereocenters. The number of carbonyl (C=O) groups is 2. The average Bonchev–Trinajstić information content (AvgIpc) is 2.46. The number of rotatable bonds is 7. The lowest BCUT2D eigenvalue weighted by atomic mass is 9.98. The lowest BCUT2D eigenvalue weighted by Crippen LogP contribution is -2.49. The number of nitrogens with one attached hydrogen (secondary N) is 2. The van der Waals surface area contributed by atoms with Gasteiger partial charge in [0.25, 0.3) is 0 Å². The largest absolute Gasteiger partial charge is 0.353 e. The Morgan fingerprint density at radius 1 is 1.12 bits per heavy atom. The van der Waals surface area contributed by atoms with Crippen molar-refractivity contribution in [2.24, 2.45) is 11.7 Å². The third kappa shape index (κ3) is 8.51. The van der Waals surface area contributed by atoms with Crippen molar-refractivity contribution in [1.82, 2.24) is 15.5 Å². The summed E-state index contributed by atoms with van der Waals surface area (Å²) in [5, 5.41) is 5.44. The van der Waals surface area contributed by atoms with E-state index >= 15 is 0 Å². The molecule has 24 heavy (non-hydrogen) atoms. The summed E-state index contributed by atoms with van der Waals surface area (Å²) in [6.07, 6.45) is 3.73. The lowest BCUT2D eigenvalue weighted by molar-refractivity contribution is -0.127. The van der Waals surface area contributed by atoms with Gasteiger partial charge in [-0.05, 0) is 32.6 Å². The summed E-state index contributed by atoms with van der Waals surface area (Å²) in [6.45, 7) is 9.70. The molecule has 1 heterocycles. The maximum absolute atomic E-state index is 11.8. The topological polar surface area (TPSA) is 87.5 Å². The molecule has 1 fully saturated rings. The molecule has 6 nitrogen and oxygen atoms in total. The van der Waals surface area contributed by atoms with Crippen LogP contribution in [-0.4, -0.2) is 54.5 Å². The summed E-state index contributed by atoms with van der Waals surface area (Å²) in [4.78, 5) is 25.9. The normalized spacial score (nSPS) is 22.1. The Balaban J connectivity index is 0. The predicted molar refractivity (Wildman–Crippen MR) is 103 cm³/mol. The van der Waals surface area contributed by atoms with Crippen molar-refractivity contribution < 1.29 is 9.59 Å². The van der Waals surface area contributed by atoms with Crippen LogP contribution in [0, 0.1) is 5.92 Å². The number of nitrogens with zero attached hydrogens (tertiary/aromatic N) is 1. The molecule has 8 heteroatoms. The first-order valence-electron chi connectivity index (χ1n) is 8.38. The molecule has 4 N–H and O–H groups in total. The van der Waals surface area contributed by atoms with Crippen LogP contribution in [0.1, 0.15) is 47.0 Å². The Morgan fingerprint density at radius 2 is 1.67 bits per heavy atom. The third-order valence-electron chi connectivity index (χ3n) is 4.51. The van der Waals surface area contributed by atoms with Gasteiger partial charge in [-0.1, -0.05) is 20.3 Å². The van der Waals surface area contributed by atoms with E-state index in [1.165, 1.54) is 19.3 Å². The number of amides is 2. The highest BCUT2D eigenvalue weighted by atomic mass is 35.5. The van der Waals surface area contributed by atoms with Crippen molar-refractivity contribution in [3.8, 4) is 0 Å². The number of halogens is 2. The maximum Gasteiger partial charge on any atom is 0.239 e. The fraction of sp³-hybridized carbons (Fsp3) is 0.875.